The predicted octanol–water partition coefficient (Wildman–Crippen LogP) is 2.81. The topological polar surface area (TPSA) is 29.5 Å². The van der Waals surface area contributed by atoms with Gasteiger partial charge in [-0.25, -0.2) is 0 Å². The first kappa shape index (κ1) is 11.8. The van der Waals surface area contributed by atoms with Crippen LogP contribution in [0.1, 0.15) is 19.4 Å². The second kappa shape index (κ2) is 3.73. The van der Waals surface area contributed by atoms with E-state index in [0.29, 0.717) is 5.56 Å². The Morgan fingerprint density at radius 2 is 1.80 bits per heavy atom. The van der Waals surface area contributed by atoms with Gasteiger partial charge in [0.25, 0.3) is 0 Å². The standard InChI is InChI=1S/C10H11F3O2/c1-9(2,14)7-4-3-5-8(6-7)15-10(11,12)13/h3-6,14H,1-2H3. The van der Waals surface area contributed by atoms with Gasteiger partial charge < -0.3 is 9.84 Å². The van der Waals surface area contributed by atoms with E-state index in [4.69, 9.17) is 0 Å². The molecule has 0 radical (unpaired) electrons. The first-order valence-corrected chi connectivity index (χ1v) is 4.27. The molecule has 0 heterocycles. The third-order valence-corrected chi connectivity index (χ3v) is 1.77. The lowest BCUT2D eigenvalue weighted by molar-refractivity contribution is -0.274. The molecule has 5 heteroatoms. The maximum Gasteiger partial charge on any atom is 0.573 e. The fourth-order valence-corrected chi connectivity index (χ4v) is 1.07. The number of aliphatic hydroxyl groups is 1. The average Bonchev–Trinajstić information content (AvgIpc) is 1.99. The van der Waals surface area contributed by atoms with Crippen molar-refractivity contribution in [2.45, 2.75) is 25.8 Å². The number of benzene rings is 1. The number of alkyl halides is 3. The summed E-state index contributed by atoms with van der Waals surface area (Å²) >= 11 is 0. The van der Waals surface area contributed by atoms with Gasteiger partial charge in [0, 0.05) is 0 Å². The zero-order chi connectivity index (χ0) is 11.7. The Bertz CT molecular complexity index is 339. The average molecular weight is 220 g/mol. The molecule has 1 aromatic carbocycles. The van der Waals surface area contributed by atoms with Crippen molar-refractivity contribution in [2.24, 2.45) is 0 Å². The Morgan fingerprint density at radius 3 is 2.27 bits per heavy atom. The van der Waals surface area contributed by atoms with Crippen molar-refractivity contribution in [2.75, 3.05) is 0 Å². The van der Waals surface area contributed by atoms with Crippen LogP contribution in [0.5, 0.6) is 5.75 Å². The van der Waals surface area contributed by atoms with Crippen LogP contribution < -0.4 is 4.74 Å². The van der Waals surface area contributed by atoms with Crippen LogP contribution in [-0.4, -0.2) is 11.5 Å². The first-order valence-electron chi connectivity index (χ1n) is 4.27. The van der Waals surface area contributed by atoms with Gasteiger partial charge in [0.2, 0.25) is 0 Å². The normalized spacial score (nSPS) is 12.7. The number of rotatable bonds is 2. The quantitative estimate of drug-likeness (QED) is 0.830. The Labute approximate surface area is 85.3 Å². The Kier molecular flexibility index (Phi) is 2.95. The van der Waals surface area contributed by atoms with Gasteiger partial charge in [0.05, 0.1) is 5.60 Å². The maximum absolute atomic E-state index is 11.9. The van der Waals surface area contributed by atoms with E-state index in [2.05, 4.69) is 4.74 Å². The molecule has 84 valence electrons. The molecule has 0 aliphatic heterocycles. The van der Waals surface area contributed by atoms with Crippen molar-refractivity contribution in [3.63, 3.8) is 0 Å². The van der Waals surface area contributed by atoms with E-state index in [1.54, 1.807) is 0 Å². The molecule has 0 aliphatic carbocycles. The summed E-state index contributed by atoms with van der Waals surface area (Å²) in [5, 5.41) is 9.57. The van der Waals surface area contributed by atoms with Crippen LogP contribution >= 0.6 is 0 Å². The summed E-state index contributed by atoms with van der Waals surface area (Å²) in [7, 11) is 0. The molecule has 2 nitrogen and oxygen atoms in total. The molecule has 0 aromatic heterocycles. The van der Waals surface area contributed by atoms with E-state index >= 15 is 0 Å². The molecule has 0 spiro atoms. The SMILES string of the molecule is CC(C)(O)c1cccc(OC(F)(F)F)c1. The molecule has 1 aromatic rings. The zero-order valence-electron chi connectivity index (χ0n) is 8.30. The summed E-state index contributed by atoms with van der Waals surface area (Å²) in [5.41, 5.74) is -0.824. The maximum atomic E-state index is 11.9. The summed E-state index contributed by atoms with van der Waals surface area (Å²) in [6.45, 7) is 2.97. The van der Waals surface area contributed by atoms with Crippen LogP contribution in [0.2, 0.25) is 0 Å². The molecular weight excluding hydrogens is 209 g/mol. The van der Waals surface area contributed by atoms with Gasteiger partial charge in [0.15, 0.2) is 0 Å². The van der Waals surface area contributed by atoms with Crippen LogP contribution in [0.15, 0.2) is 24.3 Å². The third-order valence-electron chi connectivity index (χ3n) is 1.77. The highest BCUT2D eigenvalue weighted by atomic mass is 19.4. The highest BCUT2D eigenvalue weighted by Gasteiger charge is 2.31. The minimum Gasteiger partial charge on any atom is -0.406 e. The van der Waals surface area contributed by atoms with E-state index in [-0.39, 0.29) is 5.75 Å². The fourth-order valence-electron chi connectivity index (χ4n) is 1.07. The van der Waals surface area contributed by atoms with E-state index in [1.807, 2.05) is 0 Å². The van der Waals surface area contributed by atoms with Crippen LogP contribution in [0, 0.1) is 0 Å². The van der Waals surface area contributed by atoms with E-state index in [1.165, 1.54) is 32.0 Å². The Morgan fingerprint density at radius 1 is 1.20 bits per heavy atom. The number of halogens is 3. The van der Waals surface area contributed by atoms with Crippen molar-refractivity contribution in [1.29, 1.82) is 0 Å². The zero-order valence-corrected chi connectivity index (χ0v) is 8.30. The molecule has 0 unspecified atom stereocenters. The highest BCUT2D eigenvalue weighted by molar-refractivity contribution is 5.31. The minimum absolute atomic E-state index is 0.331. The number of ether oxygens (including phenoxy) is 1. The first-order chi connectivity index (χ1) is 6.68. The highest BCUT2D eigenvalue weighted by Crippen LogP contribution is 2.27. The van der Waals surface area contributed by atoms with Crippen LogP contribution in [-0.2, 0) is 5.60 Å². The van der Waals surface area contributed by atoms with E-state index in [0.717, 1.165) is 6.07 Å². The molecule has 1 rings (SSSR count). The van der Waals surface area contributed by atoms with Gasteiger partial charge in [0.1, 0.15) is 5.75 Å². The summed E-state index contributed by atoms with van der Waals surface area (Å²) in [5.74, 6) is -0.331. The summed E-state index contributed by atoms with van der Waals surface area (Å²) < 4.78 is 39.4. The van der Waals surface area contributed by atoms with Crippen LogP contribution in [0.25, 0.3) is 0 Å². The lowest BCUT2D eigenvalue weighted by Crippen LogP contribution is -2.19. The Balaban J connectivity index is 2.94. The second-order valence-electron chi connectivity index (χ2n) is 3.63. The van der Waals surface area contributed by atoms with Gasteiger partial charge in [-0.05, 0) is 31.5 Å². The van der Waals surface area contributed by atoms with Gasteiger partial charge in [-0.15, -0.1) is 13.2 Å². The van der Waals surface area contributed by atoms with Gasteiger partial charge >= 0.3 is 6.36 Å². The van der Waals surface area contributed by atoms with Crippen molar-refractivity contribution in [3.05, 3.63) is 29.8 Å². The molecule has 0 atom stereocenters. The van der Waals surface area contributed by atoms with E-state index < -0.39 is 12.0 Å². The largest absolute Gasteiger partial charge is 0.573 e. The number of hydrogen-bond donors (Lipinski definition) is 1. The van der Waals surface area contributed by atoms with Crippen molar-refractivity contribution < 1.29 is 23.0 Å². The molecule has 1 N–H and O–H groups in total. The van der Waals surface area contributed by atoms with Crippen molar-refractivity contribution in [3.8, 4) is 5.75 Å². The molecule has 0 saturated carbocycles. The lowest BCUT2D eigenvalue weighted by atomic mass is 9.98. The molecule has 0 aliphatic rings. The predicted molar refractivity (Wildman–Crippen MR) is 48.4 cm³/mol. The van der Waals surface area contributed by atoms with Gasteiger partial charge in [-0.2, -0.15) is 0 Å². The van der Waals surface area contributed by atoms with Crippen molar-refractivity contribution in [1.82, 2.24) is 0 Å². The smallest absolute Gasteiger partial charge is 0.406 e. The summed E-state index contributed by atoms with van der Waals surface area (Å²) in [6, 6.07) is 5.27. The molecule has 0 bridgehead atoms. The number of hydrogen-bond acceptors (Lipinski definition) is 2. The van der Waals surface area contributed by atoms with Gasteiger partial charge in [-0.3, -0.25) is 0 Å². The van der Waals surface area contributed by atoms with E-state index in [9.17, 15) is 18.3 Å². The Hall–Kier alpha value is -1.23. The fraction of sp³-hybridized carbons (Fsp3) is 0.400. The summed E-state index contributed by atoms with van der Waals surface area (Å²) in [6.07, 6.45) is -4.71. The molecule has 0 amide bonds. The monoisotopic (exact) mass is 220 g/mol. The second-order valence-corrected chi connectivity index (χ2v) is 3.63. The van der Waals surface area contributed by atoms with Crippen LogP contribution in [0.4, 0.5) is 13.2 Å². The van der Waals surface area contributed by atoms with Gasteiger partial charge in [-0.1, -0.05) is 12.1 Å². The minimum atomic E-state index is -4.71. The lowest BCUT2D eigenvalue weighted by Gasteiger charge is -2.18. The van der Waals surface area contributed by atoms with Crippen LogP contribution in [0.3, 0.4) is 0 Å². The third kappa shape index (κ3) is 3.79. The molecule has 15 heavy (non-hydrogen) atoms. The van der Waals surface area contributed by atoms with Crippen molar-refractivity contribution >= 4 is 0 Å². The summed E-state index contributed by atoms with van der Waals surface area (Å²) in [4.78, 5) is 0. The molecule has 0 saturated heterocycles. The molecule has 0 fully saturated rings. The molecular formula is C10H11F3O2.